The Labute approximate surface area is 123 Å². The number of aryl methyl sites for hydroxylation is 1. The van der Waals surface area contributed by atoms with E-state index in [1.165, 1.54) is 4.57 Å². The fraction of sp³-hybridized carbons (Fsp3) is 0.714. The molecule has 1 unspecified atom stereocenters. The van der Waals surface area contributed by atoms with Gasteiger partial charge in [-0.05, 0) is 25.7 Å². The molecule has 1 rings (SSSR count). The molecule has 2 N–H and O–H groups in total. The molecule has 0 aliphatic rings. The normalized spacial score (nSPS) is 13.3. The highest BCUT2D eigenvalue weighted by Gasteiger charge is 2.20. The van der Waals surface area contributed by atoms with Crippen molar-refractivity contribution in [2.45, 2.75) is 53.6 Å². The Morgan fingerprint density at radius 3 is 2.40 bits per heavy atom. The lowest BCUT2D eigenvalue weighted by atomic mass is 9.88. The topological polar surface area (TPSA) is 71.3 Å². The molecule has 1 amide bonds. The van der Waals surface area contributed by atoms with Crippen LogP contribution in [0.5, 0.6) is 0 Å². The zero-order valence-corrected chi connectivity index (χ0v) is 13.6. The van der Waals surface area contributed by atoms with Gasteiger partial charge in [-0.3, -0.25) is 14.2 Å². The van der Waals surface area contributed by atoms with Crippen LogP contribution in [0.15, 0.2) is 4.79 Å². The number of aliphatic hydroxyl groups is 1. The maximum absolute atomic E-state index is 12.0. The van der Waals surface area contributed by atoms with Gasteiger partial charge in [0.1, 0.15) is 6.54 Å². The highest BCUT2D eigenvalue weighted by molar-refractivity contribution is 7.09. The van der Waals surface area contributed by atoms with Crippen molar-refractivity contribution in [1.29, 1.82) is 0 Å². The maximum atomic E-state index is 12.0. The van der Waals surface area contributed by atoms with Crippen molar-refractivity contribution in [1.82, 2.24) is 9.88 Å². The first kappa shape index (κ1) is 16.9. The highest BCUT2D eigenvalue weighted by atomic mass is 32.1. The van der Waals surface area contributed by atoms with E-state index in [0.29, 0.717) is 6.42 Å². The van der Waals surface area contributed by atoms with Crippen LogP contribution in [0.4, 0.5) is 0 Å². The molecule has 0 aromatic carbocycles. The van der Waals surface area contributed by atoms with Crippen LogP contribution >= 0.6 is 11.3 Å². The summed E-state index contributed by atoms with van der Waals surface area (Å²) < 4.78 is 1.47. The molecule has 114 valence electrons. The van der Waals surface area contributed by atoms with Crippen molar-refractivity contribution in [3.05, 3.63) is 20.2 Å². The molecule has 0 aliphatic heterocycles. The number of carbonyl (C=O) groups excluding carboxylic acids is 1. The third-order valence-electron chi connectivity index (χ3n) is 3.12. The second-order valence-electron chi connectivity index (χ2n) is 6.31. The first-order valence-corrected chi connectivity index (χ1v) is 7.52. The van der Waals surface area contributed by atoms with E-state index >= 15 is 0 Å². The minimum atomic E-state index is -0.279. The smallest absolute Gasteiger partial charge is 0.308 e. The standard InChI is InChI=1S/C14H24N2O3S/c1-9-10(2)20-13(19)16(9)7-12(18)15-11(8-17)6-14(3,4)5/h11,17H,6-8H2,1-5H3,(H,15,18). The molecule has 0 bridgehead atoms. The largest absolute Gasteiger partial charge is 0.394 e. The molecule has 1 heterocycles. The van der Waals surface area contributed by atoms with Crippen LogP contribution in [0, 0.1) is 19.3 Å². The first-order chi connectivity index (χ1) is 9.14. The number of thiazole rings is 1. The van der Waals surface area contributed by atoms with Crippen LogP contribution in [-0.2, 0) is 11.3 Å². The van der Waals surface area contributed by atoms with Crippen molar-refractivity contribution in [3.8, 4) is 0 Å². The second kappa shape index (κ2) is 6.54. The van der Waals surface area contributed by atoms with Crippen molar-refractivity contribution in [2.75, 3.05) is 6.61 Å². The lowest BCUT2D eigenvalue weighted by Gasteiger charge is -2.25. The van der Waals surface area contributed by atoms with E-state index in [1.807, 2.05) is 13.8 Å². The van der Waals surface area contributed by atoms with Crippen LogP contribution in [0.25, 0.3) is 0 Å². The number of rotatable bonds is 5. The molecule has 1 atom stereocenters. The zero-order valence-electron chi connectivity index (χ0n) is 12.8. The molecular formula is C14H24N2O3S. The van der Waals surface area contributed by atoms with Crippen molar-refractivity contribution >= 4 is 17.2 Å². The Morgan fingerprint density at radius 1 is 1.40 bits per heavy atom. The fourth-order valence-corrected chi connectivity index (χ4v) is 2.92. The monoisotopic (exact) mass is 300 g/mol. The summed E-state index contributed by atoms with van der Waals surface area (Å²) in [6, 6.07) is -0.279. The minimum Gasteiger partial charge on any atom is -0.394 e. The predicted molar refractivity (Wildman–Crippen MR) is 81.1 cm³/mol. The number of carbonyl (C=O) groups is 1. The van der Waals surface area contributed by atoms with E-state index in [-0.39, 0.29) is 35.4 Å². The molecule has 0 fully saturated rings. The molecule has 5 nitrogen and oxygen atoms in total. The number of amides is 1. The molecule has 20 heavy (non-hydrogen) atoms. The van der Waals surface area contributed by atoms with E-state index in [0.717, 1.165) is 21.9 Å². The second-order valence-corrected chi connectivity index (χ2v) is 7.47. The number of hydrogen-bond donors (Lipinski definition) is 2. The van der Waals surface area contributed by atoms with Crippen LogP contribution in [-0.4, -0.2) is 28.2 Å². The molecule has 6 heteroatoms. The Bertz CT molecular complexity index is 526. The third kappa shape index (κ3) is 4.76. The molecule has 0 saturated heterocycles. The van der Waals surface area contributed by atoms with Gasteiger partial charge in [0.2, 0.25) is 5.91 Å². The van der Waals surface area contributed by atoms with Crippen molar-refractivity contribution < 1.29 is 9.90 Å². The number of hydrogen-bond acceptors (Lipinski definition) is 4. The summed E-state index contributed by atoms with van der Waals surface area (Å²) in [7, 11) is 0. The molecule has 0 spiro atoms. The number of aromatic nitrogens is 1. The van der Waals surface area contributed by atoms with Gasteiger partial charge in [-0.1, -0.05) is 32.1 Å². The molecule has 0 radical (unpaired) electrons. The minimum absolute atomic E-state index is 0.00957. The van der Waals surface area contributed by atoms with Gasteiger partial charge in [0, 0.05) is 10.6 Å². The summed E-state index contributed by atoms with van der Waals surface area (Å²) in [6.07, 6.45) is 0.686. The molecule has 0 saturated carbocycles. The average molecular weight is 300 g/mol. The quantitative estimate of drug-likeness (QED) is 0.864. The van der Waals surface area contributed by atoms with Gasteiger partial charge in [-0.2, -0.15) is 0 Å². The van der Waals surface area contributed by atoms with Gasteiger partial charge >= 0.3 is 4.87 Å². The van der Waals surface area contributed by atoms with Gasteiger partial charge < -0.3 is 10.4 Å². The Kier molecular flexibility index (Phi) is 5.53. The summed E-state index contributed by atoms with van der Waals surface area (Å²) in [5.74, 6) is -0.240. The Balaban J connectivity index is 2.69. The summed E-state index contributed by atoms with van der Waals surface area (Å²) in [5, 5.41) is 12.1. The summed E-state index contributed by atoms with van der Waals surface area (Å²) >= 11 is 1.15. The Hall–Kier alpha value is -1.14. The third-order valence-corrected chi connectivity index (χ3v) is 4.12. The van der Waals surface area contributed by atoms with Crippen LogP contribution < -0.4 is 10.2 Å². The van der Waals surface area contributed by atoms with Crippen molar-refractivity contribution in [2.24, 2.45) is 5.41 Å². The van der Waals surface area contributed by atoms with E-state index in [9.17, 15) is 14.7 Å². The SMILES string of the molecule is Cc1sc(=O)n(CC(=O)NC(CO)CC(C)(C)C)c1C. The van der Waals surface area contributed by atoms with Crippen LogP contribution in [0.1, 0.15) is 37.8 Å². The first-order valence-electron chi connectivity index (χ1n) is 6.71. The molecule has 1 aromatic heterocycles. The lowest BCUT2D eigenvalue weighted by Crippen LogP contribution is -2.42. The van der Waals surface area contributed by atoms with E-state index in [1.54, 1.807) is 0 Å². The van der Waals surface area contributed by atoms with E-state index in [2.05, 4.69) is 26.1 Å². The maximum Gasteiger partial charge on any atom is 0.308 e. The van der Waals surface area contributed by atoms with E-state index in [4.69, 9.17) is 0 Å². The van der Waals surface area contributed by atoms with Crippen LogP contribution in [0.3, 0.4) is 0 Å². The lowest BCUT2D eigenvalue weighted by molar-refractivity contribution is -0.122. The molecular weight excluding hydrogens is 276 g/mol. The van der Waals surface area contributed by atoms with Gasteiger partial charge in [0.15, 0.2) is 0 Å². The van der Waals surface area contributed by atoms with E-state index < -0.39 is 0 Å². The van der Waals surface area contributed by atoms with Gasteiger partial charge in [-0.15, -0.1) is 0 Å². The van der Waals surface area contributed by atoms with Crippen LogP contribution in [0.2, 0.25) is 0 Å². The molecule has 0 aliphatic carbocycles. The number of aliphatic hydroxyl groups excluding tert-OH is 1. The van der Waals surface area contributed by atoms with Gasteiger partial charge in [0.05, 0.1) is 12.6 Å². The van der Waals surface area contributed by atoms with Gasteiger partial charge in [-0.25, -0.2) is 0 Å². The summed E-state index contributed by atoms with van der Waals surface area (Å²) in [6.45, 7) is 9.77. The number of nitrogens with one attached hydrogen (secondary N) is 1. The summed E-state index contributed by atoms with van der Waals surface area (Å²) in [4.78, 5) is 24.5. The summed E-state index contributed by atoms with van der Waals surface area (Å²) in [5.41, 5.74) is 0.846. The van der Waals surface area contributed by atoms with Crippen molar-refractivity contribution in [3.63, 3.8) is 0 Å². The Morgan fingerprint density at radius 2 is 2.00 bits per heavy atom. The number of nitrogens with zero attached hydrogens (tertiary/aromatic N) is 1. The zero-order chi connectivity index (χ0) is 15.5. The van der Waals surface area contributed by atoms with Gasteiger partial charge in [0.25, 0.3) is 0 Å². The molecule has 1 aromatic rings. The highest BCUT2D eigenvalue weighted by Crippen LogP contribution is 2.20. The predicted octanol–water partition coefficient (Wildman–Crippen LogP) is 1.44. The average Bonchev–Trinajstić information content (AvgIpc) is 2.53. The fourth-order valence-electron chi connectivity index (χ4n) is 2.09.